The number of allylic oxidation sites excluding steroid dienone is 4. The molecule has 2 aliphatic heterocycles. The van der Waals surface area contributed by atoms with Gasteiger partial charge >= 0.3 is 5.76 Å². The second-order valence-electron chi connectivity index (χ2n) is 11.5. The highest BCUT2D eigenvalue weighted by Gasteiger charge is 2.45. The number of nitrogens with one attached hydrogen (secondary N) is 1. The van der Waals surface area contributed by atoms with Crippen molar-refractivity contribution >= 4 is 5.69 Å². The summed E-state index contributed by atoms with van der Waals surface area (Å²) in [5.41, 5.74) is -0.0581. The molecule has 3 aromatic rings. The van der Waals surface area contributed by atoms with E-state index in [4.69, 9.17) is 9.26 Å². The van der Waals surface area contributed by atoms with E-state index in [-0.39, 0.29) is 47.8 Å². The number of alkyl halides is 1. The average molecular weight is 555 g/mol. The van der Waals surface area contributed by atoms with Crippen molar-refractivity contribution in [2.45, 2.75) is 87.7 Å². The lowest BCUT2D eigenvalue weighted by Gasteiger charge is -2.40. The summed E-state index contributed by atoms with van der Waals surface area (Å²) in [5, 5.41) is 7.74. The molecule has 3 unspecified atom stereocenters. The van der Waals surface area contributed by atoms with Gasteiger partial charge in [-0.3, -0.25) is 9.51 Å². The minimum atomic E-state index is -1.93. The molecule has 1 aromatic carbocycles. The minimum Gasteiger partial charge on any atom is -0.373 e. The van der Waals surface area contributed by atoms with Crippen molar-refractivity contribution in [1.29, 1.82) is 0 Å². The summed E-state index contributed by atoms with van der Waals surface area (Å²) in [7, 11) is 0. The number of hydrogen-bond donors (Lipinski definition) is 1. The number of H-pyrrole nitrogens is 1. The van der Waals surface area contributed by atoms with E-state index < -0.39 is 29.0 Å². The second kappa shape index (κ2) is 9.50. The third-order valence-corrected chi connectivity index (χ3v) is 8.69. The monoisotopic (exact) mass is 554 g/mol. The number of nitrogens with zero attached hydrogens (tertiary/aromatic N) is 3. The van der Waals surface area contributed by atoms with Crippen LogP contribution in [0.25, 0.3) is 11.4 Å². The lowest BCUT2D eigenvalue weighted by molar-refractivity contribution is 0.0139. The van der Waals surface area contributed by atoms with Crippen molar-refractivity contribution < 1.29 is 27.0 Å². The predicted molar refractivity (Wildman–Crippen MR) is 139 cm³/mol. The molecule has 40 heavy (non-hydrogen) atoms. The van der Waals surface area contributed by atoms with Crippen LogP contribution in [-0.4, -0.2) is 39.2 Å². The van der Waals surface area contributed by atoms with E-state index >= 15 is 4.39 Å². The van der Waals surface area contributed by atoms with Gasteiger partial charge in [-0.05, 0) is 75.8 Å². The summed E-state index contributed by atoms with van der Waals surface area (Å²) in [6, 6.07) is 5.24. The largest absolute Gasteiger partial charge is 0.439 e. The molecule has 2 saturated heterocycles. The molecule has 1 saturated carbocycles. The Labute approximate surface area is 227 Å². The van der Waals surface area contributed by atoms with Crippen LogP contribution >= 0.6 is 0 Å². The standard InChI is InChI=1S/C29H29F3N4O4/c1-29(32)10-2-3-22(30)24(29)25-21(26(39-34-25)15-4-5-15)14-38-19-11-16-6-7-17(12-19)36(16)18-8-9-20(23(31)13-18)27-33-28(37)40-35-27/h2-3,8-10,13,15-17,19,24H,4-7,11-12,14H2,1H3,(H,33,35,37)/t16-,17+,19?,24?,29?. The Morgan fingerprint density at radius 2 is 1.90 bits per heavy atom. The van der Waals surface area contributed by atoms with E-state index in [1.54, 1.807) is 6.07 Å². The number of fused-ring (bicyclic) bond motifs is 2. The maximum atomic E-state index is 15.4. The fourth-order valence-electron chi connectivity index (χ4n) is 6.65. The van der Waals surface area contributed by atoms with Crippen LogP contribution in [0.15, 0.2) is 56.1 Å². The zero-order chi connectivity index (χ0) is 27.6. The van der Waals surface area contributed by atoms with Gasteiger partial charge in [0.15, 0.2) is 5.82 Å². The van der Waals surface area contributed by atoms with Gasteiger partial charge in [0.1, 0.15) is 28.8 Å². The maximum Gasteiger partial charge on any atom is 0.439 e. The zero-order valence-corrected chi connectivity index (χ0v) is 21.9. The number of hydrogen-bond acceptors (Lipinski definition) is 7. The molecule has 3 fully saturated rings. The molecule has 7 rings (SSSR count). The molecule has 2 bridgehead atoms. The van der Waals surface area contributed by atoms with Crippen LogP contribution in [0.5, 0.6) is 0 Å². The van der Waals surface area contributed by atoms with Gasteiger partial charge in [0, 0.05) is 29.3 Å². The number of aromatic nitrogens is 3. The summed E-state index contributed by atoms with van der Waals surface area (Å²) in [6.45, 7) is 1.53. The molecule has 0 spiro atoms. The van der Waals surface area contributed by atoms with Crippen LogP contribution in [0.2, 0.25) is 0 Å². The van der Waals surface area contributed by atoms with Crippen molar-refractivity contribution in [3.63, 3.8) is 0 Å². The number of aromatic amines is 1. The molecule has 2 aliphatic carbocycles. The Kier molecular flexibility index (Phi) is 6.03. The molecular formula is C29H29F3N4O4. The van der Waals surface area contributed by atoms with Gasteiger partial charge in [-0.15, -0.1) is 0 Å². The van der Waals surface area contributed by atoms with E-state index in [2.05, 4.69) is 24.7 Å². The molecule has 210 valence electrons. The van der Waals surface area contributed by atoms with Crippen LogP contribution in [0.4, 0.5) is 18.9 Å². The Balaban J connectivity index is 1.08. The van der Waals surface area contributed by atoms with Gasteiger partial charge in [0.2, 0.25) is 0 Å². The first kappa shape index (κ1) is 25.4. The zero-order valence-electron chi connectivity index (χ0n) is 21.9. The van der Waals surface area contributed by atoms with Gasteiger partial charge in [-0.25, -0.2) is 18.0 Å². The molecule has 1 N–H and O–H groups in total. The Morgan fingerprint density at radius 3 is 2.55 bits per heavy atom. The van der Waals surface area contributed by atoms with Crippen LogP contribution in [0, 0.1) is 5.82 Å². The van der Waals surface area contributed by atoms with Crippen LogP contribution in [0.1, 0.15) is 74.3 Å². The third kappa shape index (κ3) is 4.40. The third-order valence-electron chi connectivity index (χ3n) is 8.69. The van der Waals surface area contributed by atoms with E-state index in [1.807, 2.05) is 6.07 Å². The molecular weight excluding hydrogens is 525 g/mol. The summed E-state index contributed by atoms with van der Waals surface area (Å²) in [6.07, 6.45) is 9.29. The van der Waals surface area contributed by atoms with Crippen molar-refractivity contribution in [2.75, 3.05) is 4.90 Å². The second-order valence-corrected chi connectivity index (χ2v) is 11.5. The number of rotatable bonds is 7. The molecule has 4 heterocycles. The summed E-state index contributed by atoms with van der Waals surface area (Å²) < 4.78 is 61.8. The van der Waals surface area contributed by atoms with Crippen molar-refractivity contribution in [2.24, 2.45) is 0 Å². The smallest absolute Gasteiger partial charge is 0.373 e. The van der Waals surface area contributed by atoms with Crippen LogP contribution in [0.3, 0.4) is 0 Å². The maximum absolute atomic E-state index is 15.4. The van der Waals surface area contributed by atoms with Gasteiger partial charge in [0.05, 0.1) is 24.2 Å². The predicted octanol–water partition coefficient (Wildman–Crippen LogP) is 5.99. The molecule has 0 amide bonds. The lowest BCUT2D eigenvalue weighted by Crippen LogP contribution is -2.45. The van der Waals surface area contributed by atoms with Gasteiger partial charge < -0.3 is 14.2 Å². The highest BCUT2D eigenvalue weighted by atomic mass is 19.2. The van der Waals surface area contributed by atoms with Crippen molar-refractivity contribution in [1.82, 2.24) is 15.3 Å². The van der Waals surface area contributed by atoms with E-state index in [0.29, 0.717) is 11.3 Å². The molecule has 11 heteroatoms. The van der Waals surface area contributed by atoms with E-state index in [1.165, 1.54) is 31.2 Å². The Hall–Kier alpha value is -3.60. The number of anilines is 1. The summed E-state index contributed by atoms with van der Waals surface area (Å²) in [4.78, 5) is 15.9. The fourth-order valence-corrected chi connectivity index (χ4v) is 6.65. The van der Waals surface area contributed by atoms with Crippen molar-refractivity contribution in [3.05, 3.63) is 75.6 Å². The highest BCUT2D eigenvalue weighted by Crippen LogP contribution is 2.48. The normalized spacial score (nSPS) is 29.7. The fraction of sp³-hybridized carbons (Fsp3) is 0.483. The quantitative estimate of drug-likeness (QED) is 0.383. The summed E-state index contributed by atoms with van der Waals surface area (Å²) in [5.74, 6) is -2.04. The summed E-state index contributed by atoms with van der Waals surface area (Å²) >= 11 is 0. The first-order valence-electron chi connectivity index (χ1n) is 13.8. The van der Waals surface area contributed by atoms with Gasteiger partial charge in [-0.1, -0.05) is 16.4 Å². The Bertz CT molecular complexity index is 1540. The average Bonchev–Trinajstić information content (AvgIpc) is 3.44. The number of benzene rings is 1. The first-order chi connectivity index (χ1) is 19.3. The number of piperidine rings is 1. The van der Waals surface area contributed by atoms with Gasteiger partial charge in [-0.2, -0.15) is 0 Å². The molecule has 0 radical (unpaired) electrons. The topological polar surface area (TPSA) is 97.4 Å². The molecule has 5 atom stereocenters. The van der Waals surface area contributed by atoms with Crippen molar-refractivity contribution in [3.8, 4) is 11.4 Å². The minimum absolute atomic E-state index is 0.0514. The molecule has 4 aliphatic rings. The highest BCUT2D eigenvalue weighted by molar-refractivity contribution is 5.62. The number of halogens is 3. The lowest BCUT2D eigenvalue weighted by atomic mass is 9.82. The van der Waals surface area contributed by atoms with Crippen LogP contribution in [-0.2, 0) is 11.3 Å². The molecule has 8 nitrogen and oxygen atoms in total. The van der Waals surface area contributed by atoms with Crippen LogP contribution < -0.4 is 10.7 Å². The SMILES string of the molecule is CC1(F)C=CC=C(F)C1c1noc(C2CC2)c1COC1C[C@H]2CC[C@@H](C1)N2c1ccc(-c2noc(=O)[nH]2)c(F)c1. The van der Waals surface area contributed by atoms with E-state index in [0.717, 1.165) is 44.2 Å². The first-order valence-corrected chi connectivity index (χ1v) is 13.8. The Morgan fingerprint density at radius 1 is 1.12 bits per heavy atom. The van der Waals surface area contributed by atoms with Gasteiger partial charge in [0.25, 0.3) is 0 Å². The van der Waals surface area contributed by atoms with E-state index in [9.17, 15) is 13.6 Å². The number of ether oxygens (including phenoxy) is 1. The molecule has 2 aromatic heterocycles.